The molecule has 0 spiro atoms. The molecule has 0 aliphatic carbocycles. The summed E-state index contributed by atoms with van der Waals surface area (Å²) in [6, 6.07) is 0. The highest BCUT2D eigenvalue weighted by atomic mass is 32.1. The van der Waals surface area contributed by atoms with Crippen LogP contribution in [-0.4, -0.2) is 57.4 Å². The van der Waals surface area contributed by atoms with Crippen LogP contribution in [0.3, 0.4) is 0 Å². The number of hydrogen-bond donors (Lipinski definition) is 1. The molecule has 1 aliphatic rings. The summed E-state index contributed by atoms with van der Waals surface area (Å²) in [5.74, 6) is -0.855. The third kappa shape index (κ3) is 3.06. The molecule has 1 aromatic heterocycles. The number of carbonyl (C=O) groups is 2. The lowest BCUT2D eigenvalue weighted by Gasteiger charge is -2.33. The standard InChI is InChI=1S/C12H19N5O2S/c1-3-5-16-6-7-17(12(19)11(16)18)8-9-10(13-4-2)20-15-14-9/h13H,3-8H2,1-2H3. The van der Waals surface area contributed by atoms with Crippen LogP contribution in [0.1, 0.15) is 26.0 Å². The van der Waals surface area contributed by atoms with Crippen LogP contribution < -0.4 is 5.32 Å². The quantitative estimate of drug-likeness (QED) is 0.776. The van der Waals surface area contributed by atoms with Gasteiger partial charge in [0.2, 0.25) is 0 Å². The Balaban J connectivity index is 2.02. The molecule has 20 heavy (non-hydrogen) atoms. The molecule has 110 valence electrons. The first-order valence-electron chi connectivity index (χ1n) is 6.80. The Morgan fingerprint density at radius 2 is 1.90 bits per heavy atom. The molecular formula is C12H19N5O2S. The average molecular weight is 297 g/mol. The van der Waals surface area contributed by atoms with E-state index >= 15 is 0 Å². The highest BCUT2D eigenvalue weighted by Crippen LogP contribution is 2.20. The van der Waals surface area contributed by atoms with Gasteiger partial charge in [-0.25, -0.2) is 0 Å². The van der Waals surface area contributed by atoms with Gasteiger partial charge in [0.25, 0.3) is 0 Å². The van der Waals surface area contributed by atoms with Crippen molar-refractivity contribution >= 4 is 28.3 Å². The number of amides is 2. The Labute approximate surface area is 122 Å². The maximum absolute atomic E-state index is 12.1. The van der Waals surface area contributed by atoms with Crippen molar-refractivity contribution in [3.05, 3.63) is 5.69 Å². The zero-order valence-corrected chi connectivity index (χ0v) is 12.6. The number of nitrogens with zero attached hydrogens (tertiary/aromatic N) is 4. The van der Waals surface area contributed by atoms with Gasteiger partial charge in [0.1, 0.15) is 10.7 Å². The van der Waals surface area contributed by atoms with Crippen LogP contribution in [0.5, 0.6) is 0 Å². The van der Waals surface area contributed by atoms with Crippen molar-refractivity contribution in [1.82, 2.24) is 19.4 Å². The molecule has 1 aliphatic heterocycles. The largest absolute Gasteiger partial charge is 0.374 e. The molecule has 2 amide bonds. The molecule has 1 aromatic rings. The summed E-state index contributed by atoms with van der Waals surface area (Å²) >= 11 is 1.27. The summed E-state index contributed by atoms with van der Waals surface area (Å²) in [5.41, 5.74) is 0.724. The van der Waals surface area contributed by atoms with Gasteiger partial charge < -0.3 is 15.1 Å². The number of carbonyl (C=O) groups excluding carboxylic acids is 2. The molecule has 0 radical (unpaired) electrons. The van der Waals surface area contributed by atoms with Gasteiger partial charge in [0, 0.05) is 37.7 Å². The van der Waals surface area contributed by atoms with Crippen molar-refractivity contribution in [1.29, 1.82) is 0 Å². The van der Waals surface area contributed by atoms with E-state index in [1.165, 1.54) is 11.5 Å². The fourth-order valence-corrected chi connectivity index (χ4v) is 2.78. The van der Waals surface area contributed by atoms with Crippen LogP contribution in [-0.2, 0) is 16.1 Å². The summed E-state index contributed by atoms with van der Waals surface area (Å²) in [5, 5.41) is 8.06. The second-order valence-corrected chi connectivity index (χ2v) is 5.35. The topological polar surface area (TPSA) is 78.4 Å². The number of hydrogen-bond acceptors (Lipinski definition) is 6. The maximum Gasteiger partial charge on any atom is 0.312 e. The van der Waals surface area contributed by atoms with Crippen LogP contribution in [0.15, 0.2) is 0 Å². The average Bonchev–Trinajstić information content (AvgIpc) is 2.86. The first kappa shape index (κ1) is 14.7. The lowest BCUT2D eigenvalue weighted by atomic mass is 10.2. The van der Waals surface area contributed by atoms with Crippen LogP contribution in [0.2, 0.25) is 0 Å². The van der Waals surface area contributed by atoms with E-state index in [0.717, 1.165) is 23.7 Å². The predicted octanol–water partition coefficient (Wildman–Crippen LogP) is 0.551. The fourth-order valence-electron chi connectivity index (χ4n) is 2.14. The number of anilines is 1. The molecule has 8 heteroatoms. The molecule has 1 saturated heterocycles. The van der Waals surface area contributed by atoms with Crippen LogP contribution in [0.4, 0.5) is 5.00 Å². The molecule has 0 unspecified atom stereocenters. The van der Waals surface area contributed by atoms with Gasteiger partial charge in [-0.05, 0) is 13.3 Å². The number of aromatic nitrogens is 2. The smallest absolute Gasteiger partial charge is 0.312 e. The van der Waals surface area contributed by atoms with E-state index in [2.05, 4.69) is 14.9 Å². The fraction of sp³-hybridized carbons (Fsp3) is 0.667. The third-order valence-electron chi connectivity index (χ3n) is 3.12. The number of rotatable bonds is 6. The second kappa shape index (κ2) is 6.65. The molecule has 2 heterocycles. The monoisotopic (exact) mass is 297 g/mol. The summed E-state index contributed by atoms with van der Waals surface area (Å²) in [4.78, 5) is 27.2. The van der Waals surface area contributed by atoms with Gasteiger partial charge in [0.05, 0.1) is 6.54 Å². The minimum Gasteiger partial charge on any atom is -0.374 e. The van der Waals surface area contributed by atoms with E-state index < -0.39 is 11.8 Å². The summed E-state index contributed by atoms with van der Waals surface area (Å²) in [7, 11) is 0. The Morgan fingerprint density at radius 1 is 1.20 bits per heavy atom. The van der Waals surface area contributed by atoms with Crippen molar-refractivity contribution in [3.8, 4) is 0 Å². The molecule has 1 N–H and O–H groups in total. The molecule has 0 saturated carbocycles. The van der Waals surface area contributed by atoms with Gasteiger partial charge >= 0.3 is 11.8 Å². The van der Waals surface area contributed by atoms with Crippen LogP contribution in [0.25, 0.3) is 0 Å². The first-order valence-corrected chi connectivity index (χ1v) is 7.58. The maximum atomic E-state index is 12.1. The molecule has 0 bridgehead atoms. The van der Waals surface area contributed by atoms with E-state index in [0.29, 0.717) is 26.2 Å². The Kier molecular flexibility index (Phi) is 4.89. The van der Waals surface area contributed by atoms with Gasteiger partial charge in [-0.15, -0.1) is 5.10 Å². The van der Waals surface area contributed by atoms with Gasteiger partial charge in [-0.1, -0.05) is 11.4 Å². The highest BCUT2D eigenvalue weighted by Gasteiger charge is 2.32. The lowest BCUT2D eigenvalue weighted by molar-refractivity contribution is -0.156. The Morgan fingerprint density at radius 3 is 2.60 bits per heavy atom. The predicted molar refractivity (Wildman–Crippen MR) is 76.4 cm³/mol. The lowest BCUT2D eigenvalue weighted by Crippen LogP contribution is -2.54. The number of nitrogens with one attached hydrogen (secondary N) is 1. The normalized spacial score (nSPS) is 15.9. The van der Waals surface area contributed by atoms with Crippen molar-refractivity contribution in [2.24, 2.45) is 0 Å². The molecule has 2 rings (SSSR count). The van der Waals surface area contributed by atoms with E-state index in [1.807, 2.05) is 13.8 Å². The van der Waals surface area contributed by atoms with E-state index in [-0.39, 0.29) is 0 Å². The summed E-state index contributed by atoms with van der Waals surface area (Å²) in [6.07, 6.45) is 0.861. The number of piperazine rings is 1. The molecule has 1 fully saturated rings. The van der Waals surface area contributed by atoms with E-state index in [9.17, 15) is 9.59 Å². The molecule has 0 atom stereocenters. The summed E-state index contributed by atoms with van der Waals surface area (Å²) in [6.45, 7) is 6.87. The van der Waals surface area contributed by atoms with Crippen molar-refractivity contribution in [2.45, 2.75) is 26.8 Å². The van der Waals surface area contributed by atoms with E-state index in [4.69, 9.17) is 0 Å². The third-order valence-corrected chi connectivity index (χ3v) is 3.85. The molecule has 7 nitrogen and oxygen atoms in total. The molecule has 0 aromatic carbocycles. The second-order valence-electron chi connectivity index (χ2n) is 4.60. The van der Waals surface area contributed by atoms with Crippen molar-refractivity contribution in [3.63, 3.8) is 0 Å². The van der Waals surface area contributed by atoms with E-state index in [1.54, 1.807) is 9.80 Å². The van der Waals surface area contributed by atoms with Crippen LogP contribution in [0, 0.1) is 0 Å². The van der Waals surface area contributed by atoms with Gasteiger partial charge in [-0.3, -0.25) is 9.59 Å². The SMILES string of the molecule is CCCN1CCN(Cc2nnsc2NCC)C(=O)C1=O. The Hall–Kier alpha value is -1.70. The first-order chi connectivity index (χ1) is 9.67. The zero-order chi connectivity index (χ0) is 14.5. The zero-order valence-electron chi connectivity index (χ0n) is 11.8. The van der Waals surface area contributed by atoms with Crippen molar-refractivity contribution in [2.75, 3.05) is 31.5 Å². The van der Waals surface area contributed by atoms with Crippen LogP contribution >= 0.6 is 11.5 Å². The van der Waals surface area contributed by atoms with Gasteiger partial charge in [-0.2, -0.15) is 0 Å². The van der Waals surface area contributed by atoms with Gasteiger partial charge in [0.15, 0.2) is 0 Å². The minimum absolute atomic E-state index is 0.337. The molecular weight excluding hydrogens is 278 g/mol. The summed E-state index contributed by atoms with van der Waals surface area (Å²) < 4.78 is 3.89. The van der Waals surface area contributed by atoms with Crippen molar-refractivity contribution < 1.29 is 9.59 Å². The Bertz CT molecular complexity index is 490. The highest BCUT2D eigenvalue weighted by molar-refractivity contribution is 7.10. The minimum atomic E-state index is -0.444.